The fraction of sp³-hybridized carbons (Fsp3) is 0.280. The zero-order valence-corrected chi connectivity index (χ0v) is 18.0. The molecule has 0 radical (unpaired) electrons. The van der Waals surface area contributed by atoms with Crippen molar-refractivity contribution >= 4 is 29.0 Å². The summed E-state index contributed by atoms with van der Waals surface area (Å²) in [5, 5.41) is 8.86. The molecule has 7 heteroatoms. The van der Waals surface area contributed by atoms with Crippen LogP contribution in [0.1, 0.15) is 52.8 Å². The number of nitrogens with zero attached hydrogens (tertiary/aromatic N) is 4. The van der Waals surface area contributed by atoms with Crippen molar-refractivity contribution < 1.29 is 8.99 Å². The Bertz CT molecular complexity index is 1310. The van der Waals surface area contributed by atoms with Crippen LogP contribution in [0.4, 0.5) is 11.5 Å². The number of pyridine rings is 1. The Morgan fingerprint density at radius 2 is 2.09 bits per heavy atom. The molecule has 0 amide bonds. The number of rotatable bonds is 5. The zero-order chi connectivity index (χ0) is 21.8. The number of hydrogen-bond donors (Lipinski definition) is 2. The number of benzene rings is 1. The molecule has 6 rings (SSSR count). The molecule has 1 saturated carbocycles. The Hall–Kier alpha value is -3.74. The van der Waals surface area contributed by atoms with Crippen molar-refractivity contribution in [2.24, 2.45) is 0 Å². The highest BCUT2D eigenvalue weighted by Gasteiger charge is 2.32. The third kappa shape index (κ3) is 3.30. The largest absolute Gasteiger partial charge is 0.445 e. The highest BCUT2D eigenvalue weighted by molar-refractivity contribution is 6.16. The molecule has 160 valence electrons. The third-order valence-electron chi connectivity index (χ3n) is 6.37. The van der Waals surface area contributed by atoms with Gasteiger partial charge in [0.05, 0.1) is 12.3 Å². The topological polar surface area (TPSA) is 95.0 Å². The molecule has 3 N–H and O–H groups in total. The smallest absolute Gasteiger partial charge is 0.197 e. The van der Waals surface area contributed by atoms with Crippen molar-refractivity contribution in [2.75, 3.05) is 24.2 Å². The molecule has 0 unspecified atom stereocenters. The summed E-state index contributed by atoms with van der Waals surface area (Å²) in [5.74, 6) is 3.29. The molecule has 1 aromatic carbocycles. The molecule has 32 heavy (non-hydrogen) atoms. The van der Waals surface area contributed by atoms with E-state index in [0.29, 0.717) is 23.9 Å². The number of fused-ring (bicyclic) bond motifs is 1. The molecule has 1 aliphatic carbocycles. The minimum atomic E-state index is 0.399. The minimum absolute atomic E-state index is 0.399. The number of anilines is 2. The SMILES string of the molecule is C[N+]1=CC(c2ccc(N)c(C(=N)c3ccnc(N4CCc5oc(C6CC6)nc5C4)c3)c2)=C1. The second kappa shape index (κ2) is 7.15. The van der Waals surface area contributed by atoms with Crippen molar-refractivity contribution in [2.45, 2.75) is 31.7 Å². The Morgan fingerprint density at radius 3 is 2.88 bits per heavy atom. The second-order valence-corrected chi connectivity index (χ2v) is 8.83. The number of nitrogen functional groups attached to an aromatic ring is 1. The van der Waals surface area contributed by atoms with E-state index in [1.165, 1.54) is 12.8 Å². The van der Waals surface area contributed by atoms with Crippen LogP contribution < -0.4 is 10.6 Å². The minimum Gasteiger partial charge on any atom is -0.445 e. The monoisotopic (exact) mass is 425 g/mol. The van der Waals surface area contributed by atoms with Gasteiger partial charge in [-0.3, -0.25) is 5.41 Å². The first-order valence-corrected chi connectivity index (χ1v) is 11.0. The van der Waals surface area contributed by atoms with Gasteiger partial charge in [0.25, 0.3) is 0 Å². The van der Waals surface area contributed by atoms with Crippen LogP contribution in [-0.2, 0) is 13.0 Å². The van der Waals surface area contributed by atoms with Gasteiger partial charge in [-0.1, -0.05) is 6.07 Å². The van der Waals surface area contributed by atoms with Crippen LogP contribution in [0.3, 0.4) is 0 Å². The lowest BCUT2D eigenvalue weighted by Gasteiger charge is -2.26. The summed E-state index contributed by atoms with van der Waals surface area (Å²) >= 11 is 0. The Labute approximate surface area is 186 Å². The van der Waals surface area contributed by atoms with Gasteiger partial charge < -0.3 is 15.1 Å². The van der Waals surface area contributed by atoms with Crippen LogP contribution in [0.2, 0.25) is 0 Å². The van der Waals surface area contributed by atoms with E-state index in [2.05, 4.69) is 22.3 Å². The Kier molecular flexibility index (Phi) is 4.24. The summed E-state index contributed by atoms with van der Waals surface area (Å²) in [6.45, 7) is 1.51. The van der Waals surface area contributed by atoms with Crippen LogP contribution in [0.25, 0.3) is 5.57 Å². The molecule has 7 nitrogen and oxygen atoms in total. The van der Waals surface area contributed by atoms with Gasteiger partial charge >= 0.3 is 0 Å². The van der Waals surface area contributed by atoms with Crippen molar-refractivity contribution in [3.8, 4) is 0 Å². The van der Waals surface area contributed by atoms with Crippen LogP contribution in [0.5, 0.6) is 0 Å². The van der Waals surface area contributed by atoms with Gasteiger partial charge in [0.2, 0.25) is 0 Å². The molecule has 3 aromatic rings. The van der Waals surface area contributed by atoms with Gasteiger partial charge in [0.15, 0.2) is 18.3 Å². The number of nitrogens with one attached hydrogen (secondary N) is 1. The quantitative estimate of drug-likeness (QED) is 0.370. The normalized spacial score (nSPS) is 17.3. The molecule has 0 spiro atoms. The van der Waals surface area contributed by atoms with Crippen molar-refractivity contribution in [1.29, 1.82) is 5.41 Å². The first kappa shape index (κ1) is 19.0. The summed E-state index contributed by atoms with van der Waals surface area (Å²) < 4.78 is 7.99. The summed E-state index contributed by atoms with van der Waals surface area (Å²) in [4.78, 5) is 11.5. The number of aromatic nitrogens is 2. The summed E-state index contributed by atoms with van der Waals surface area (Å²) in [5.41, 5.74) is 12.0. The number of allylic oxidation sites excluding steroid dienone is 1. The van der Waals surface area contributed by atoms with E-state index in [4.69, 9.17) is 20.5 Å². The van der Waals surface area contributed by atoms with E-state index in [9.17, 15) is 0 Å². The fourth-order valence-electron chi connectivity index (χ4n) is 4.35. The summed E-state index contributed by atoms with van der Waals surface area (Å²) in [7, 11) is 2.00. The third-order valence-corrected chi connectivity index (χ3v) is 6.37. The van der Waals surface area contributed by atoms with Crippen molar-refractivity contribution in [1.82, 2.24) is 9.97 Å². The standard InChI is InChI=1S/C25H25N6O/c1-30-12-18(13-30)16-4-5-20(26)19(10-16)24(27)17-6-8-28-23(11-17)31-9-7-22-21(14-31)29-25(32-22)15-2-3-15/h4-6,8,10-13,15,27H,2-3,7,9,14,26H2,1H3/q+1. The average molecular weight is 426 g/mol. The first-order chi connectivity index (χ1) is 15.5. The van der Waals surface area contributed by atoms with Crippen molar-refractivity contribution in [3.63, 3.8) is 0 Å². The Balaban J connectivity index is 1.26. The zero-order valence-electron chi connectivity index (χ0n) is 18.0. The highest BCUT2D eigenvalue weighted by Crippen LogP contribution is 2.41. The van der Waals surface area contributed by atoms with Gasteiger partial charge in [-0.05, 0) is 42.7 Å². The molecule has 0 saturated heterocycles. The van der Waals surface area contributed by atoms with E-state index >= 15 is 0 Å². The molecule has 0 atom stereocenters. The molecule has 0 bridgehead atoms. The maximum Gasteiger partial charge on any atom is 0.197 e. The van der Waals surface area contributed by atoms with Crippen LogP contribution in [0.15, 0.2) is 47.1 Å². The lowest BCUT2D eigenvalue weighted by atomic mass is 9.96. The predicted molar refractivity (Wildman–Crippen MR) is 124 cm³/mol. The van der Waals surface area contributed by atoms with E-state index in [-0.39, 0.29) is 0 Å². The Morgan fingerprint density at radius 1 is 1.25 bits per heavy atom. The molecule has 3 aliphatic rings. The summed E-state index contributed by atoms with van der Waals surface area (Å²) in [6.07, 6.45) is 9.09. The lowest BCUT2D eigenvalue weighted by Crippen LogP contribution is -2.31. The summed E-state index contributed by atoms with van der Waals surface area (Å²) in [6, 6.07) is 9.72. The molecule has 1 fully saturated rings. The van der Waals surface area contributed by atoms with Gasteiger partial charge in [-0.25, -0.2) is 14.5 Å². The number of oxazole rings is 1. The van der Waals surface area contributed by atoms with Crippen LogP contribution in [-0.4, -0.2) is 40.1 Å². The maximum atomic E-state index is 8.86. The second-order valence-electron chi connectivity index (χ2n) is 8.83. The highest BCUT2D eigenvalue weighted by atomic mass is 16.4. The maximum absolute atomic E-state index is 8.86. The van der Waals surface area contributed by atoms with Crippen LogP contribution >= 0.6 is 0 Å². The van der Waals surface area contributed by atoms with E-state index in [0.717, 1.165) is 58.4 Å². The number of nitrogens with two attached hydrogens (primary N) is 1. The van der Waals surface area contributed by atoms with Crippen LogP contribution in [0, 0.1) is 5.41 Å². The van der Waals surface area contributed by atoms with Gasteiger partial charge in [0.1, 0.15) is 29.9 Å². The van der Waals surface area contributed by atoms with Crippen molar-refractivity contribution in [3.05, 3.63) is 76.8 Å². The van der Waals surface area contributed by atoms with Gasteiger partial charge in [-0.2, -0.15) is 0 Å². The fourth-order valence-corrected chi connectivity index (χ4v) is 4.35. The molecular weight excluding hydrogens is 400 g/mol. The van der Waals surface area contributed by atoms with E-state index in [1.807, 2.05) is 42.0 Å². The lowest BCUT2D eigenvalue weighted by molar-refractivity contribution is -0.423. The predicted octanol–water partition coefficient (Wildman–Crippen LogP) is 3.58. The molecular formula is C25H25N6O+. The van der Waals surface area contributed by atoms with E-state index < -0.39 is 0 Å². The van der Waals surface area contributed by atoms with Gasteiger partial charge in [0, 0.05) is 41.9 Å². The molecule has 2 aromatic heterocycles. The first-order valence-electron chi connectivity index (χ1n) is 11.0. The number of hydrogen-bond acceptors (Lipinski definition) is 6. The van der Waals surface area contributed by atoms with E-state index in [1.54, 1.807) is 6.20 Å². The van der Waals surface area contributed by atoms with Gasteiger partial charge in [-0.15, -0.1) is 0 Å². The molecule has 2 aliphatic heterocycles. The molecule has 4 heterocycles. The average Bonchev–Trinajstić information content (AvgIpc) is 3.55.